The molecular weight excluding hydrogens is 331 g/mol. The molecule has 0 saturated carbocycles. The standard InChI is InChI=1S/C14H12Cl2N2O2S/c15-12-3-2-11(8-13(12)16)21(19,20)18-10-1-4-14-9(7-10)5-6-17-14/h1-4,7-8,17-18H,5-6H2. The smallest absolute Gasteiger partial charge is 0.261 e. The Kier molecular flexibility index (Phi) is 3.73. The van der Waals surface area contributed by atoms with Gasteiger partial charge in [-0.1, -0.05) is 23.2 Å². The molecule has 1 heterocycles. The Morgan fingerprint density at radius 1 is 1.05 bits per heavy atom. The highest BCUT2D eigenvalue weighted by Gasteiger charge is 2.17. The number of halogens is 2. The highest BCUT2D eigenvalue weighted by Crippen LogP contribution is 2.28. The van der Waals surface area contributed by atoms with Gasteiger partial charge in [-0.25, -0.2) is 8.42 Å². The van der Waals surface area contributed by atoms with Gasteiger partial charge in [0.1, 0.15) is 0 Å². The SMILES string of the molecule is O=S(=O)(Nc1ccc2c(c1)CCN2)c1ccc(Cl)c(Cl)c1. The van der Waals surface area contributed by atoms with Crippen molar-refractivity contribution in [2.24, 2.45) is 0 Å². The van der Waals surface area contributed by atoms with Crippen LogP contribution in [0.4, 0.5) is 11.4 Å². The molecule has 21 heavy (non-hydrogen) atoms. The molecule has 0 bridgehead atoms. The van der Waals surface area contributed by atoms with E-state index >= 15 is 0 Å². The first-order valence-electron chi connectivity index (χ1n) is 6.30. The Bertz CT molecular complexity index is 807. The topological polar surface area (TPSA) is 58.2 Å². The van der Waals surface area contributed by atoms with Crippen molar-refractivity contribution in [2.75, 3.05) is 16.6 Å². The van der Waals surface area contributed by atoms with Gasteiger partial charge in [0, 0.05) is 17.9 Å². The summed E-state index contributed by atoms with van der Waals surface area (Å²) in [5, 5.41) is 3.75. The largest absolute Gasteiger partial charge is 0.384 e. The molecule has 2 aromatic carbocycles. The molecule has 0 spiro atoms. The molecule has 0 unspecified atom stereocenters. The van der Waals surface area contributed by atoms with Crippen LogP contribution >= 0.6 is 23.2 Å². The average Bonchev–Trinajstić information content (AvgIpc) is 2.88. The molecule has 1 aliphatic heterocycles. The fourth-order valence-corrected chi connectivity index (χ4v) is 3.66. The Morgan fingerprint density at radius 3 is 2.62 bits per heavy atom. The summed E-state index contributed by atoms with van der Waals surface area (Å²) in [5.74, 6) is 0. The molecule has 4 nitrogen and oxygen atoms in total. The summed E-state index contributed by atoms with van der Waals surface area (Å²) in [6.45, 7) is 0.873. The van der Waals surface area contributed by atoms with Crippen LogP contribution < -0.4 is 10.0 Å². The van der Waals surface area contributed by atoms with Crippen molar-refractivity contribution >= 4 is 44.6 Å². The second-order valence-electron chi connectivity index (χ2n) is 4.73. The zero-order chi connectivity index (χ0) is 15.0. The normalized spacial score (nSPS) is 13.6. The summed E-state index contributed by atoms with van der Waals surface area (Å²) in [5.41, 5.74) is 2.68. The molecular formula is C14H12Cl2N2O2S. The van der Waals surface area contributed by atoms with E-state index in [0.29, 0.717) is 10.7 Å². The molecule has 0 aromatic heterocycles. The van der Waals surface area contributed by atoms with E-state index in [0.717, 1.165) is 24.2 Å². The van der Waals surface area contributed by atoms with Gasteiger partial charge in [0.05, 0.1) is 14.9 Å². The van der Waals surface area contributed by atoms with Crippen molar-refractivity contribution in [3.8, 4) is 0 Å². The predicted molar refractivity (Wildman–Crippen MR) is 85.9 cm³/mol. The van der Waals surface area contributed by atoms with Gasteiger partial charge >= 0.3 is 0 Å². The van der Waals surface area contributed by atoms with E-state index in [1.807, 2.05) is 12.1 Å². The molecule has 3 rings (SSSR count). The Labute approximate surface area is 133 Å². The van der Waals surface area contributed by atoms with Crippen molar-refractivity contribution in [2.45, 2.75) is 11.3 Å². The predicted octanol–water partition coefficient (Wildman–Crippen LogP) is 3.76. The van der Waals surface area contributed by atoms with E-state index in [-0.39, 0.29) is 9.92 Å². The number of hydrogen-bond donors (Lipinski definition) is 2. The zero-order valence-corrected chi connectivity index (χ0v) is 13.2. The monoisotopic (exact) mass is 342 g/mol. The fourth-order valence-electron chi connectivity index (χ4n) is 2.23. The van der Waals surface area contributed by atoms with Crippen LogP contribution in [0.1, 0.15) is 5.56 Å². The van der Waals surface area contributed by atoms with E-state index in [1.54, 1.807) is 6.07 Å². The van der Waals surface area contributed by atoms with E-state index in [9.17, 15) is 8.42 Å². The lowest BCUT2D eigenvalue weighted by Crippen LogP contribution is -2.13. The van der Waals surface area contributed by atoms with Crippen LogP contribution in [-0.2, 0) is 16.4 Å². The van der Waals surface area contributed by atoms with E-state index in [4.69, 9.17) is 23.2 Å². The first kappa shape index (κ1) is 14.5. The molecule has 0 radical (unpaired) electrons. The van der Waals surface area contributed by atoms with Crippen LogP contribution in [0.5, 0.6) is 0 Å². The number of sulfonamides is 1. The minimum atomic E-state index is -3.68. The molecule has 0 aliphatic carbocycles. The molecule has 0 atom stereocenters. The van der Waals surface area contributed by atoms with Gasteiger partial charge < -0.3 is 5.32 Å². The second kappa shape index (κ2) is 5.40. The third kappa shape index (κ3) is 2.95. The van der Waals surface area contributed by atoms with Crippen molar-refractivity contribution in [3.05, 3.63) is 52.0 Å². The summed E-state index contributed by atoms with van der Waals surface area (Å²) in [4.78, 5) is 0.0792. The minimum Gasteiger partial charge on any atom is -0.384 e. The van der Waals surface area contributed by atoms with Gasteiger partial charge in [0.2, 0.25) is 0 Å². The zero-order valence-electron chi connectivity index (χ0n) is 10.9. The average molecular weight is 343 g/mol. The van der Waals surface area contributed by atoms with Crippen LogP contribution in [0, 0.1) is 0 Å². The third-order valence-corrected chi connectivity index (χ3v) is 5.39. The second-order valence-corrected chi connectivity index (χ2v) is 7.23. The highest BCUT2D eigenvalue weighted by atomic mass is 35.5. The molecule has 0 saturated heterocycles. The lowest BCUT2D eigenvalue weighted by atomic mass is 10.1. The summed E-state index contributed by atoms with van der Waals surface area (Å²) in [7, 11) is -3.68. The van der Waals surface area contributed by atoms with Crippen molar-refractivity contribution in [3.63, 3.8) is 0 Å². The van der Waals surface area contributed by atoms with E-state index in [1.165, 1.54) is 18.2 Å². The molecule has 7 heteroatoms. The Morgan fingerprint density at radius 2 is 1.86 bits per heavy atom. The maximum atomic E-state index is 12.3. The maximum absolute atomic E-state index is 12.3. The number of fused-ring (bicyclic) bond motifs is 1. The van der Waals surface area contributed by atoms with Gasteiger partial charge in [-0.15, -0.1) is 0 Å². The Hall–Kier alpha value is -1.43. The first-order valence-corrected chi connectivity index (χ1v) is 8.54. The fraction of sp³-hybridized carbons (Fsp3) is 0.143. The summed E-state index contributed by atoms with van der Waals surface area (Å²) >= 11 is 11.7. The number of benzene rings is 2. The minimum absolute atomic E-state index is 0.0792. The molecule has 2 aromatic rings. The summed E-state index contributed by atoms with van der Waals surface area (Å²) in [6.07, 6.45) is 0.887. The molecule has 110 valence electrons. The first-order chi connectivity index (χ1) is 9.95. The van der Waals surface area contributed by atoms with Crippen LogP contribution in [0.3, 0.4) is 0 Å². The van der Waals surface area contributed by atoms with Crippen LogP contribution in [0.15, 0.2) is 41.3 Å². The molecule has 0 amide bonds. The Balaban J connectivity index is 1.90. The molecule has 1 aliphatic rings. The summed E-state index contributed by atoms with van der Waals surface area (Å²) < 4.78 is 27.2. The van der Waals surface area contributed by atoms with Crippen LogP contribution in [0.2, 0.25) is 10.0 Å². The van der Waals surface area contributed by atoms with Crippen LogP contribution in [-0.4, -0.2) is 15.0 Å². The quantitative estimate of drug-likeness (QED) is 0.892. The number of nitrogens with one attached hydrogen (secondary N) is 2. The highest BCUT2D eigenvalue weighted by molar-refractivity contribution is 7.92. The van der Waals surface area contributed by atoms with E-state index < -0.39 is 10.0 Å². The van der Waals surface area contributed by atoms with Gasteiger partial charge in [-0.05, 0) is 48.4 Å². The van der Waals surface area contributed by atoms with E-state index in [2.05, 4.69) is 10.0 Å². The number of rotatable bonds is 3. The van der Waals surface area contributed by atoms with Gasteiger partial charge in [0.15, 0.2) is 0 Å². The number of anilines is 2. The third-order valence-electron chi connectivity index (χ3n) is 3.27. The number of hydrogen-bond acceptors (Lipinski definition) is 3. The van der Waals surface area contributed by atoms with Gasteiger partial charge in [0.25, 0.3) is 10.0 Å². The maximum Gasteiger partial charge on any atom is 0.261 e. The summed E-state index contributed by atoms with van der Waals surface area (Å²) in [6, 6.07) is 9.66. The molecule has 0 fully saturated rings. The van der Waals surface area contributed by atoms with Gasteiger partial charge in [-0.3, -0.25) is 4.72 Å². The lowest BCUT2D eigenvalue weighted by molar-refractivity contribution is 0.601. The lowest BCUT2D eigenvalue weighted by Gasteiger charge is -2.10. The van der Waals surface area contributed by atoms with Crippen molar-refractivity contribution in [1.29, 1.82) is 0 Å². The van der Waals surface area contributed by atoms with Crippen LogP contribution in [0.25, 0.3) is 0 Å². The van der Waals surface area contributed by atoms with Gasteiger partial charge in [-0.2, -0.15) is 0 Å². The van der Waals surface area contributed by atoms with Crippen molar-refractivity contribution in [1.82, 2.24) is 0 Å². The molecule has 2 N–H and O–H groups in total. The van der Waals surface area contributed by atoms with Crippen molar-refractivity contribution < 1.29 is 8.42 Å².